The number of carbonyl (C=O) groups is 1. The summed E-state index contributed by atoms with van der Waals surface area (Å²) in [5, 5.41) is 0.203. The van der Waals surface area contributed by atoms with Crippen molar-refractivity contribution in [2.45, 2.75) is 76.9 Å². The van der Waals surface area contributed by atoms with Gasteiger partial charge in [-0.2, -0.15) is 0 Å². The Balaban J connectivity index is 0.000000485. The highest BCUT2D eigenvalue weighted by Crippen LogP contribution is 2.43. The van der Waals surface area contributed by atoms with Gasteiger partial charge in [0.2, 0.25) is 0 Å². The smallest absolute Gasteiger partial charge is 0.191 e. The second-order valence-corrected chi connectivity index (χ2v) is 14.8. The summed E-state index contributed by atoms with van der Waals surface area (Å²) in [6, 6.07) is 1.53. The highest BCUT2D eigenvalue weighted by Gasteiger charge is 2.37. The van der Waals surface area contributed by atoms with Gasteiger partial charge in [-0.1, -0.05) is 20.8 Å². The molecule has 1 heterocycles. The average Bonchev–Trinajstić information content (AvgIpc) is 3.27. The van der Waals surface area contributed by atoms with E-state index in [0.717, 1.165) is 50.2 Å². The van der Waals surface area contributed by atoms with E-state index < -0.39 is 14.1 Å². The number of hydrogen-bond acceptors (Lipinski definition) is 3. The molecule has 6 heteroatoms. The SMILES string of the molecule is C1CCOC1.CC(C)(C)[Si](C)(C)OCCC1CCc2cc(F)c(C=O)c(Br)c21. The number of aryl methyl sites for hydroxylation is 1. The Labute approximate surface area is 178 Å². The molecule has 1 unspecified atom stereocenters. The maximum absolute atomic E-state index is 13.9. The number of carbonyl (C=O) groups excluding carboxylic acids is 1. The normalized spacial score (nSPS) is 19.2. The van der Waals surface area contributed by atoms with Gasteiger partial charge in [-0.05, 0) is 89.3 Å². The molecular weight excluding hydrogens is 439 g/mol. The summed E-state index contributed by atoms with van der Waals surface area (Å²) in [5.41, 5.74) is 2.27. The molecule has 0 aromatic heterocycles. The number of rotatable bonds is 5. The highest BCUT2D eigenvalue weighted by atomic mass is 79.9. The molecule has 1 aliphatic heterocycles. The lowest BCUT2D eigenvalue weighted by Crippen LogP contribution is -2.41. The van der Waals surface area contributed by atoms with Crippen molar-refractivity contribution in [1.29, 1.82) is 0 Å². The standard InChI is InChI=1S/C18H26BrFO2Si.C4H8O/c1-18(2,3)23(4,5)22-9-8-12-6-7-13-10-15(20)14(11-21)17(19)16(12)13;1-2-4-5-3-1/h10-12H,6-9H2,1-5H3;1-4H2. The van der Waals surface area contributed by atoms with Crippen molar-refractivity contribution in [1.82, 2.24) is 0 Å². The number of fused-ring (bicyclic) bond motifs is 1. The van der Waals surface area contributed by atoms with Gasteiger partial charge in [0.15, 0.2) is 14.6 Å². The summed E-state index contributed by atoms with van der Waals surface area (Å²) in [7, 11) is -1.74. The van der Waals surface area contributed by atoms with E-state index in [0.29, 0.717) is 16.7 Å². The maximum Gasteiger partial charge on any atom is 0.191 e. The van der Waals surface area contributed by atoms with Crippen LogP contribution in [0, 0.1) is 5.82 Å². The molecule has 3 rings (SSSR count). The van der Waals surface area contributed by atoms with Crippen LogP contribution in [0.15, 0.2) is 10.5 Å². The molecule has 1 aromatic rings. The Morgan fingerprint density at radius 3 is 2.46 bits per heavy atom. The molecule has 1 saturated heterocycles. The Kier molecular flexibility index (Phi) is 8.44. The molecule has 1 fully saturated rings. The van der Waals surface area contributed by atoms with Crippen molar-refractivity contribution < 1.29 is 18.3 Å². The van der Waals surface area contributed by atoms with Crippen molar-refractivity contribution in [2.75, 3.05) is 19.8 Å². The maximum atomic E-state index is 13.9. The predicted molar refractivity (Wildman–Crippen MR) is 118 cm³/mol. The van der Waals surface area contributed by atoms with Gasteiger partial charge in [0.05, 0.1) is 5.56 Å². The summed E-state index contributed by atoms with van der Waals surface area (Å²) in [5.74, 6) is -0.0905. The molecule has 158 valence electrons. The van der Waals surface area contributed by atoms with Gasteiger partial charge in [-0.25, -0.2) is 4.39 Å². The molecule has 1 aliphatic carbocycles. The number of ether oxygens (including phenoxy) is 1. The van der Waals surface area contributed by atoms with Crippen LogP contribution < -0.4 is 0 Å². The Bertz CT molecular complexity index is 674. The largest absolute Gasteiger partial charge is 0.417 e. The minimum absolute atomic E-state index is 0.140. The minimum Gasteiger partial charge on any atom is -0.417 e. The number of benzene rings is 1. The highest BCUT2D eigenvalue weighted by molar-refractivity contribution is 9.10. The molecule has 0 radical (unpaired) electrons. The van der Waals surface area contributed by atoms with Crippen LogP contribution in [0.5, 0.6) is 0 Å². The molecule has 0 amide bonds. The lowest BCUT2D eigenvalue weighted by molar-refractivity contribution is 0.111. The van der Waals surface area contributed by atoms with Crippen LogP contribution in [0.1, 0.15) is 73.9 Å². The topological polar surface area (TPSA) is 35.5 Å². The van der Waals surface area contributed by atoms with Crippen molar-refractivity contribution in [3.05, 3.63) is 33.0 Å². The molecule has 1 atom stereocenters. The second-order valence-electron chi connectivity index (χ2n) is 9.23. The first-order valence-electron chi connectivity index (χ1n) is 10.3. The Morgan fingerprint density at radius 2 is 1.96 bits per heavy atom. The third-order valence-electron chi connectivity index (χ3n) is 6.23. The van der Waals surface area contributed by atoms with E-state index in [1.807, 2.05) is 0 Å². The number of hydrogen-bond donors (Lipinski definition) is 0. The van der Waals surface area contributed by atoms with Crippen molar-refractivity contribution in [2.24, 2.45) is 0 Å². The summed E-state index contributed by atoms with van der Waals surface area (Å²) < 4.78 is 25.7. The molecule has 28 heavy (non-hydrogen) atoms. The van der Waals surface area contributed by atoms with Gasteiger partial charge in [0, 0.05) is 24.3 Å². The van der Waals surface area contributed by atoms with Gasteiger partial charge in [-0.3, -0.25) is 4.79 Å². The molecule has 0 N–H and O–H groups in total. The van der Waals surface area contributed by atoms with E-state index in [1.54, 1.807) is 0 Å². The van der Waals surface area contributed by atoms with Crippen LogP contribution in [0.3, 0.4) is 0 Å². The van der Waals surface area contributed by atoms with E-state index >= 15 is 0 Å². The van der Waals surface area contributed by atoms with Crippen LogP contribution in [0.25, 0.3) is 0 Å². The average molecular weight is 473 g/mol. The minimum atomic E-state index is -1.74. The zero-order valence-electron chi connectivity index (χ0n) is 17.9. The molecular formula is C22H34BrFO3Si. The summed E-state index contributed by atoms with van der Waals surface area (Å²) >= 11 is 3.44. The fraction of sp³-hybridized carbons (Fsp3) is 0.682. The van der Waals surface area contributed by atoms with Crippen molar-refractivity contribution >= 4 is 30.5 Å². The quantitative estimate of drug-likeness (QED) is 0.355. The van der Waals surface area contributed by atoms with Crippen LogP contribution >= 0.6 is 15.9 Å². The van der Waals surface area contributed by atoms with E-state index in [-0.39, 0.29) is 10.6 Å². The van der Waals surface area contributed by atoms with Gasteiger partial charge >= 0.3 is 0 Å². The fourth-order valence-corrected chi connectivity index (χ4v) is 5.32. The summed E-state index contributed by atoms with van der Waals surface area (Å²) in [6.45, 7) is 13.9. The van der Waals surface area contributed by atoms with Crippen molar-refractivity contribution in [3.63, 3.8) is 0 Å². The summed E-state index contributed by atoms with van der Waals surface area (Å²) in [4.78, 5) is 11.1. The van der Waals surface area contributed by atoms with Crippen LogP contribution in [0.2, 0.25) is 18.1 Å². The van der Waals surface area contributed by atoms with Crippen LogP contribution in [-0.2, 0) is 15.6 Å². The third kappa shape index (κ3) is 5.74. The zero-order chi connectivity index (χ0) is 20.9. The number of aldehydes is 1. The molecule has 0 spiro atoms. The lowest BCUT2D eigenvalue weighted by Gasteiger charge is -2.36. The molecule has 3 nitrogen and oxygen atoms in total. The van der Waals surface area contributed by atoms with Crippen LogP contribution in [-0.4, -0.2) is 34.4 Å². The van der Waals surface area contributed by atoms with Gasteiger partial charge in [-0.15, -0.1) is 0 Å². The predicted octanol–water partition coefficient (Wildman–Crippen LogP) is 6.64. The first-order chi connectivity index (χ1) is 13.1. The Hall–Kier alpha value is -0.563. The van der Waals surface area contributed by atoms with E-state index in [9.17, 15) is 9.18 Å². The molecule has 0 saturated carbocycles. The molecule has 1 aromatic carbocycles. The van der Waals surface area contributed by atoms with Crippen LogP contribution in [0.4, 0.5) is 4.39 Å². The van der Waals surface area contributed by atoms with E-state index in [4.69, 9.17) is 9.16 Å². The third-order valence-corrected chi connectivity index (χ3v) is 11.6. The molecule has 2 aliphatic rings. The first kappa shape index (κ1) is 23.7. The van der Waals surface area contributed by atoms with E-state index in [1.165, 1.54) is 18.9 Å². The van der Waals surface area contributed by atoms with Gasteiger partial charge in [0.1, 0.15) is 5.82 Å². The monoisotopic (exact) mass is 472 g/mol. The van der Waals surface area contributed by atoms with Gasteiger partial charge < -0.3 is 9.16 Å². The summed E-state index contributed by atoms with van der Waals surface area (Å²) in [6.07, 6.45) is 5.94. The van der Waals surface area contributed by atoms with Gasteiger partial charge in [0.25, 0.3) is 0 Å². The Morgan fingerprint density at radius 1 is 1.32 bits per heavy atom. The fourth-order valence-electron chi connectivity index (χ4n) is 3.40. The van der Waals surface area contributed by atoms with Crippen molar-refractivity contribution in [3.8, 4) is 0 Å². The molecule has 0 bridgehead atoms. The lowest BCUT2D eigenvalue weighted by atomic mass is 9.96. The first-order valence-corrected chi connectivity index (χ1v) is 14.0. The number of halogens is 2. The second kappa shape index (κ2) is 9.96. The van der Waals surface area contributed by atoms with E-state index in [2.05, 4.69) is 49.8 Å². The zero-order valence-corrected chi connectivity index (χ0v) is 20.5.